The summed E-state index contributed by atoms with van der Waals surface area (Å²) in [6.07, 6.45) is 0. The van der Waals surface area contributed by atoms with Gasteiger partial charge in [0.05, 0.1) is 10.2 Å². The van der Waals surface area contributed by atoms with Crippen molar-refractivity contribution in [1.82, 2.24) is 4.57 Å². The number of hydrogen-bond donors (Lipinski definition) is 1. The quantitative estimate of drug-likeness (QED) is 0.754. The topological polar surface area (TPSA) is 71.7 Å². The molecule has 5 nitrogen and oxygen atoms in total. The molecule has 1 N–H and O–H groups in total. The number of rotatable bonds is 3. The van der Waals surface area contributed by atoms with Crippen LogP contribution in [0.15, 0.2) is 41.4 Å². The van der Waals surface area contributed by atoms with Crippen molar-refractivity contribution >= 4 is 45.0 Å². The lowest BCUT2D eigenvalue weighted by atomic mass is 10.2. The van der Waals surface area contributed by atoms with Gasteiger partial charge < -0.3 is 9.67 Å². The number of amides is 1. The van der Waals surface area contributed by atoms with Gasteiger partial charge in [0, 0.05) is 16.7 Å². The Morgan fingerprint density at radius 1 is 1.24 bits per heavy atom. The predicted octanol–water partition coefficient (Wildman–Crippen LogP) is 3.46. The molecule has 2 aromatic carbocycles. The molecule has 0 atom stereocenters. The van der Waals surface area contributed by atoms with Crippen LogP contribution in [0.1, 0.15) is 10.4 Å². The minimum atomic E-state index is -1.24. The largest absolute Gasteiger partial charge is 0.480 e. The van der Waals surface area contributed by atoms with E-state index in [4.69, 9.17) is 16.7 Å². The maximum Gasteiger partial charge on any atom is 0.323 e. The van der Waals surface area contributed by atoms with Crippen LogP contribution in [0.5, 0.6) is 0 Å². The number of fused-ring (bicyclic) bond motifs is 1. The summed E-state index contributed by atoms with van der Waals surface area (Å²) in [6.45, 7) is -0.593. The maximum absolute atomic E-state index is 14.0. The van der Waals surface area contributed by atoms with Crippen molar-refractivity contribution in [3.63, 3.8) is 0 Å². The third kappa shape index (κ3) is 3.59. The Bertz CT molecular complexity index is 1070. The van der Waals surface area contributed by atoms with Gasteiger partial charge >= 0.3 is 5.97 Å². The predicted molar refractivity (Wildman–Crippen MR) is 88.7 cm³/mol. The summed E-state index contributed by atoms with van der Waals surface area (Å²) < 4.78 is 28.5. The van der Waals surface area contributed by atoms with E-state index in [0.29, 0.717) is 11.1 Å². The van der Waals surface area contributed by atoms with Gasteiger partial charge in [0.25, 0.3) is 5.91 Å². The molecular weight excluding hydrogens is 374 g/mol. The van der Waals surface area contributed by atoms with Crippen LogP contribution in [0.25, 0.3) is 10.2 Å². The summed E-state index contributed by atoms with van der Waals surface area (Å²) in [5, 5.41) is 9.38. The van der Waals surface area contributed by atoms with Gasteiger partial charge in [-0.25, -0.2) is 8.78 Å². The number of benzene rings is 2. The first-order chi connectivity index (χ1) is 11.8. The second kappa shape index (κ2) is 6.73. The van der Waals surface area contributed by atoms with Gasteiger partial charge in [0.1, 0.15) is 18.2 Å². The van der Waals surface area contributed by atoms with Crippen molar-refractivity contribution < 1.29 is 23.5 Å². The zero-order valence-corrected chi connectivity index (χ0v) is 13.9. The van der Waals surface area contributed by atoms with Crippen molar-refractivity contribution in [1.29, 1.82) is 0 Å². The minimum Gasteiger partial charge on any atom is -0.480 e. The van der Waals surface area contributed by atoms with Crippen LogP contribution in [-0.4, -0.2) is 21.6 Å². The smallest absolute Gasteiger partial charge is 0.323 e. The van der Waals surface area contributed by atoms with Gasteiger partial charge in [-0.1, -0.05) is 29.0 Å². The molecule has 9 heteroatoms. The fourth-order valence-electron chi connectivity index (χ4n) is 2.24. The molecule has 3 aromatic rings. The second-order valence-electron chi connectivity index (χ2n) is 5.03. The number of halogens is 3. The highest BCUT2D eigenvalue weighted by molar-refractivity contribution is 7.16. The number of aromatic nitrogens is 1. The first kappa shape index (κ1) is 17.2. The van der Waals surface area contributed by atoms with Gasteiger partial charge in [-0.2, -0.15) is 4.99 Å². The molecule has 0 unspecified atom stereocenters. The van der Waals surface area contributed by atoms with Gasteiger partial charge in [-0.15, -0.1) is 0 Å². The average molecular weight is 383 g/mol. The number of carbonyl (C=O) groups excluding carboxylic acids is 1. The lowest BCUT2D eigenvalue weighted by Crippen LogP contribution is -2.21. The molecule has 1 heterocycles. The molecule has 0 radical (unpaired) electrons. The second-order valence-corrected chi connectivity index (χ2v) is 6.44. The molecule has 3 rings (SSSR count). The van der Waals surface area contributed by atoms with E-state index in [1.165, 1.54) is 12.1 Å². The molecule has 0 aliphatic carbocycles. The Morgan fingerprint density at radius 3 is 2.68 bits per heavy atom. The molecule has 0 saturated heterocycles. The van der Waals surface area contributed by atoms with E-state index < -0.39 is 30.1 Å². The lowest BCUT2D eigenvalue weighted by Gasteiger charge is -2.02. The lowest BCUT2D eigenvalue weighted by molar-refractivity contribution is -0.137. The van der Waals surface area contributed by atoms with Crippen molar-refractivity contribution in [3.8, 4) is 0 Å². The summed E-state index contributed by atoms with van der Waals surface area (Å²) in [6, 6.07) is 7.74. The first-order valence-electron chi connectivity index (χ1n) is 6.90. The zero-order chi connectivity index (χ0) is 18.1. The summed E-state index contributed by atoms with van der Waals surface area (Å²) in [7, 11) is 0. The van der Waals surface area contributed by atoms with Crippen molar-refractivity contribution in [2.24, 2.45) is 4.99 Å². The maximum atomic E-state index is 14.0. The Balaban J connectivity index is 2.22. The van der Waals surface area contributed by atoms with E-state index in [2.05, 4.69) is 4.99 Å². The van der Waals surface area contributed by atoms with Crippen LogP contribution in [0.4, 0.5) is 8.78 Å². The molecule has 128 valence electrons. The molecule has 0 fully saturated rings. The van der Waals surface area contributed by atoms with Crippen molar-refractivity contribution in [2.75, 3.05) is 0 Å². The van der Waals surface area contributed by atoms with Gasteiger partial charge in [0.2, 0.25) is 0 Å². The molecule has 25 heavy (non-hydrogen) atoms. The number of hydrogen-bond acceptors (Lipinski definition) is 3. The molecule has 0 aliphatic rings. The average Bonchev–Trinajstić information content (AvgIpc) is 2.85. The number of aliphatic carboxylic acids is 1. The van der Waals surface area contributed by atoms with E-state index >= 15 is 0 Å². The highest BCUT2D eigenvalue weighted by atomic mass is 35.5. The molecule has 0 saturated carbocycles. The van der Waals surface area contributed by atoms with Crippen LogP contribution >= 0.6 is 22.9 Å². The molecule has 0 spiro atoms. The minimum absolute atomic E-state index is 0.0142. The Morgan fingerprint density at radius 2 is 2.00 bits per heavy atom. The summed E-state index contributed by atoms with van der Waals surface area (Å²) in [5.41, 5.74) is 0.209. The molecular formula is C16H9ClF2N2O3S. The molecule has 1 amide bonds. The van der Waals surface area contributed by atoms with E-state index in [1.807, 2.05) is 0 Å². The number of thiazole rings is 1. The number of nitrogens with zero attached hydrogens (tertiary/aromatic N) is 2. The summed E-state index contributed by atoms with van der Waals surface area (Å²) in [5.74, 6) is -3.61. The Labute approximate surface area is 148 Å². The van der Waals surface area contributed by atoms with E-state index in [1.54, 1.807) is 12.1 Å². The van der Waals surface area contributed by atoms with E-state index in [0.717, 1.165) is 22.0 Å². The summed E-state index contributed by atoms with van der Waals surface area (Å²) >= 11 is 6.59. The standard InChI is InChI=1S/C16H9ClF2N2O3S/c17-9-3-1-2-8(4-9)15(24)20-16-21(7-13(22)23)12-6-10(18)5-11(19)14(12)25-16/h1-6H,7H2,(H,22,23)/b20-16-. The van der Waals surface area contributed by atoms with E-state index in [-0.39, 0.29) is 20.6 Å². The first-order valence-corrected chi connectivity index (χ1v) is 8.09. The van der Waals surface area contributed by atoms with Gasteiger partial charge in [-0.05, 0) is 24.3 Å². The van der Waals surface area contributed by atoms with Crippen molar-refractivity contribution in [2.45, 2.75) is 6.54 Å². The molecule has 0 aliphatic heterocycles. The fraction of sp³-hybridized carbons (Fsp3) is 0.0625. The zero-order valence-electron chi connectivity index (χ0n) is 12.4. The Hall–Kier alpha value is -2.58. The SMILES string of the molecule is O=C(O)Cn1/c(=N/C(=O)c2cccc(Cl)c2)sc2c(F)cc(F)cc21. The highest BCUT2D eigenvalue weighted by Gasteiger charge is 2.15. The van der Waals surface area contributed by atoms with Crippen LogP contribution in [0, 0.1) is 11.6 Å². The number of carbonyl (C=O) groups is 2. The fourth-order valence-corrected chi connectivity index (χ4v) is 3.45. The normalized spacial score (nSPS) is 11.9. The molecule has 1 aromatic heterocycles. The van der Waals surface area contributed by atoms with Crippen LogP contribution in [0.3, 0.4) is 0 Å². The van der Waals surface area contributed by atoms with Crippen LogP contribution in [0.2, 0.25) is 5.02 Å². The number of carboxylic acid groups (broad SMARTS) is 1. The van der Waals surface area contributed by atoms with Gasteiger partial charge in [0.15, 0.2) is 4.80 Å². The van der Waals surface area contributed by atoms with Gasteiger partial charge in [-0.3, -0.25) is 9.59 Å². The highest BCUT2D eigenvalue weighted by Crippen LogP contribution is 2.22. The van der Waals surface area contributed by atoms with Crippen molar-refractivity contribution in [3.05, 3.63) is 63.4 Å². The van der Waals surface area contributed by atoms with Crippen LogP contribution < -0.4 is 4.80 Å². The van der Waals surface area contributed by atoms with Crippen LogP contribution in [-0.2, 0) is 11.3 Å². The van der Waals surface area contributed by atoms with E-state index in [9.17, 15) is 18.4 Å². The Kier molecular flexibility index (Phi) is 4.65. The summed E-state index contributed by atoms with van der Waals surface area (Å²) in [4.78, 5) is 27.2. The monoisotopic (exact) mass is 382 g/mol. The molecule has 0 bridgehead atoms. The third-order valence-electron chi connectivity index (χ3n) is 3.27. The third-order valence-corrected chi connectivity index (χ3v) is 4.60. The number of carboxylic acids is 1.